The van der Waals surface area contributed by atoms with E-state index in [-0.39, 0.29) is 0 Å². The minimum absolute atomic E-state index is 0.403. The van der Waals surface area contributed by atoms with Gasteiger partial charge < -0.3 is 9.84 Å². The SMILES string of the molecule is CCOC1(C(O)c2ccc(Cl)s2)CCCCCC1. The molecular formula is C14H21ClO2S. The van der Waals surface area contributed by atoms with Gasteiger partial charge in [0.15, 0.2) is 0 Å². The van der Waals surface area contributed by atoms with Crippen LogP contribution in [-0.4, -0.2) is 17.3 Å². The molecule has 2 nitrogen and oxygen atoms in total. The molecule has 18 heavy (non-hydrogen) atoms. The van der Waals surface area contributed by atoms with E-state index in [4.69, 9.17) is 16.3 Å². The first kappa shape index (κ1) is 14.3. The zero-order valence-electron chi connectivity index (χ0n) is 10.8. The highest BCUT2D eigenvalue weighted by atomic mass is 35.5. The molecule has 0 aromatic carbocycles. The molecule has 0 aliphatic heterocycles. The molecule has 1 aromatic rings. The molecule has 0 amide bonds. The Labute approximate surface area is 118 Å². The molecule has 1 aliphatic carbocycles. The largest absolute Gasteiger partial charge is 0.385 e. The van der Waals surface area contributed by atoms with Gasteiger partial charge in [-0.05, 0) is 31.9 Å². The first-order chi connectivity index (χ1) is 8.68. The lowest BCUT2D eigenvalue weighted by molar-refractivity contribution is -0.130. The van der Waals surface area contributed by atoms with Crippen LogP contribution < -0.4 is 0 Å². The smallest absolute Gasteiger partial charge is 0.117 e. The van der Waals surface area contributed by atoms with Gasteiger partial charge in [-0.25, -0.2) is 0 Å². The fourth-order valence-electron chi connectivity index (χ4n) is 2.85. The van der Waals surface area contributed by atoms with Crippen LogP contribution in [-0.2, 0) is 4.74 Å². The number of ether oxygens (including phenoxy) is 1. The maximum absolute atomic E-state index is 10.7. The van der Waals surface area contributed by atoms with Crippen LogP contribution in [0.25, 0.3) is 0 Å². The van der Waals surface area contributed by atoms with Crippen molar-refractivity contribution in [3.8, 4) is 0 Å². The van der Waals surface area contributed by atoms with E-state index in [0.717, 1.165) is 34.9 Å². The van der Waals surface area contributed by atoms with E-state index < -0.39 is 11.7 Å². The van der Waals surface area contributed by atoms with E-state index in [1.807, 2.05) is 19.1 Å². The monoisotopic (exact) mass is 288 g/mol. The summed E-state index contributed by atoms with van der Waals surface area (Å²) < 4.78 is 6.72. The van der Waals surface area contributed by atoms with Crippen LogP contribution in [0.2, 0.25) is 4.34 Å². The first-order valence-corrected chi connectivity index (χ1v) is 7.94. The molecule has 1 N–H and O–H groups in total. The van der Waals surface area contributed by atoms with Crippen LogP contribution in [0.15, 0.2) is 12.1 Å². The van der Waals surface area contributed by atoms with E-state index in [9.17, 15) is 5.11 Å². The molecule has 0 radical (unpaired) electrons. The second-order valence-corrected chi connectivity index (χ2v) is 6.70. The Kier molecular flexibility index (Phi) is 5.07. The van der Waals surface area contributed by atoms with Gasteiger partial charge in [0.2, 0.25) is 0 Å². The second kappa shape index (κ2) is 6.38. The van der Waals surface area contributed by atoms with Crippen molar-refractivity contribution in [1.29, 1.82) is 0 Å². The van der Waals surface area contributed by atoms with Crippen molar-refractivity contribution in [1.82, 2.24) is 0 Å². The molecule has 1 fully saturated rings. The van der Waals surface area contributed by atoms with Crippen LogP contribution in [0.1, 0.15) is 56.4 Å². The van der Waals surface area contributed by atoms with Gasteiger partial charge in [0, 0.05) is 11.5 Å². The lowest BCUT2D eigenvalue weighted by Crippen LogP contribution is -2.39. The van der Waals surface area contributed by atoms with Crippen molar-refractivity contribution in [3.05, 3.63) is 21.3 Å². The lowest BCUT2D eigenvalue weighted by Gasteiger charge is -2.36. The number of thiophene rings is 1. The van der Waals surface area contributed by atoms with Crippen LogP contribution in [0.4, 0.5) is 0 Å². The topological polar surface area (TPSA) is 29.5 Å². The fraction of sp³-hybridized carbons (Fsp3) is 0.714. The van der Waals surface area contributed by atoms with E-state index in [2.05, 4.69) is 0 Å². The van der Waals surface area contributed by atoms with Gasteiger partial charge in [-0.1, -0.05) is 37.3 Å². The maximum Gasteiger partial charge on any atom is 0.117 e. The highest BCUT2D eigenvalue weighted by molar-refractivity contribution is 7.16. The summed E-state index contributed by atoms with van der Waals surface area (Å²) in [6.07, 6.45) is 6.09. The molecule has 102 valence electrons. The third-order valence-corrected chi connectivity index (χ3v) is 5.03. The van der Waals surface area contributed by atoms with Crippen LogP contribution >= 0.6 is 22.9 Å². The standard InChI is InChI=1S/C14H21ClO2S/c1-2-17-14(9-5-3-4-6-10-14)13(16)11-7-8-12(15)18-11/h7-8,13,16H,2-6,9-10H2,1H3. The molecule has 0 spiro atoms. The Morgan fingerprint density at radius 1 is 1.33 bits per heavy atom. The molecule has 1 atom stereocenters. The molecule has 0 bridgehead atoms. The predicted molar refractivity (Wildman–Crippen MR) is 76.3 cm³/mol. The first-order valence-electron chi connectivity index (χ1n) is 6.75. The fourth-order valence-corrected chi connectivity index (χ4v) is 4.00. The van der Waals surface area contributed by atoms with Gasteiger partial charge in [-0.15, -0.1) is 11.3 Å². The Bertz CT molecular complexity index is 370. The van der Waals surface area contributed by atoms with Crippen molar-refractivity contribution < 1.29 is 9.84 Å². The Morgan fingerprint density at radius 2 is 2.00 bits per heavy atom. The van der Waals surface area contributed by atoms with Crippen LogP contribution in [0, 0.1) is 0 Å². The summed E-state index contributed by atoms with van der Waals surface area (Å²) in [5.74, 6) is 0. The third-order valence-electron chi connectivity index (χ3n) is 3.74. The molecule has 1 saturated carbocycles. The average molecular weight is 289 g/mol. The van der Waals surface area contributed by atoms with Crippen molar-refractivity contribution in [2.75, 3.05) is 6.61 Å². The van der Waals surface area contributed by atoms with Crippen molar-refractivity contribution >= 4 is 22.9 Å². The van der Waals surface area contributed by atoms with Crippen molar-refractivity contribution in [2.24, 2.45) is 0 Å². The number of hydrogen-bond acceptors (Lipinski definition) is 3. The summed E-state index contributed by atoms with van der Waals surface area (Å²) in [6.45, 7) is 2.65. The summed E-state index contributed by atoms with van der Waals surface area (Å²) >= 11 is 7.42. The number of aliphatic hydroxyl groups excluding tert-OH is 1. The minimum Gasteiger partial charge on any atom is -0.385 e. The Balaban J connectivity index is 2.22. The summed E-state index contributed by atoms with van der Waals surface area (Å²) in [7, 11) is 0. The van der Waals surface area contributed by atoms with Crippen molar-refractivity contribution in [2.45, 2.75) is 57.2 Å². The molecule has 1 unspecified atom stereocenters. The van der Waals surface area contributed by atoms with E-state index >= 15 is 0 Å². The van der Waals surface area contributed by atoms with Crippen LogP contribution in [0.5, 0.6) is 0 Å². The molecule has 1 aromatic heterocycles. The molecule has 4 heteroatoms. The quantitative estimate of drug-likeness (QED) is 0.823. The molecule has 0 saturated heterocycles. The normalized spacial score (nSPS) is 21.5. The summed E-state index contributed by atoms with van der Waals surface area (Å²) in [5, 5.41) is 10.7. The molecule has 1 aliphatic rings. The average Bonchev–Trinajstić information content (AvgIpc) is 2.64. The summed E-state index contributed by atoms with van der Waals surface area (Å²) in [4.78, 5) is 0.926. The molecule has 2 rings (SSSR count). The second-order valence-electron chi connectivity index (χ2n) is 4.96. The Hall–Kier alpha value is -0.0900. The third kappa shape index (κ3) is 3.08. The molecular weight excluding hydrogens is 268 g/mol. The van der Waals surface area contributed by atoms with Gasteiger partial charge in [-0.2, -0.15) is 0 Å². The highest BCUT2D eigenvalue weighted by Crippen LogP contribution is 2.43. The van der Waals surface area contributed by atoms with Gasteiger partial charge in [0.05, 0.1) is 9.94 Å². The van der Waals surface area contributed by atoms with Gasteiger partial charge in [0.1, 0.15) is 6.10 Å². The summed E-state index contributed by atoms with van der Waals surface area (Å²) in [6, 6.07) is 3.77. The number of hydrogen-bond donors (Lipinski definition) is 1. The van der Waals surface area contributed by atoms with E-state index in [1.54, 1.807) is 0 Å². The predicted octanol–water partition coefficient (Wildman–Crippen LogP) is 4.56. The number of halogens is 1. The van der Waals surface area contributed by atoms with Gasteiger partial charge >= 0.3 is 0 Å². The van der Waals surface area contributed by atoms with Crippen LogP contribution in [0.3, 0.4) is 0 Å². The number of rotatable bonds is 4. The van der Waals surface area contributed by atoms with Crippen molar-refractivity contribution in [3.63, 3.8) is 0 Å². The van der Waals surface area contributed by atoms with Gasteiger partial charge in [-0.3, -0.25) is 0 Å². The van der Waals surface area contributed by atoms with Gasteiger partial charge in [0.25, 0.3) is 0 Å². The van der Waals surface area contributed by atoms with E-state index in [0.29, 0.717) is 6.61 Å². The molecule has 1 heterocycles. The lowest BCUT2D eigenvalue weighted by atomic mass is 9.87. The van der Waals surface area contributed by atoms with E-state index in [1.165, 1.54) is 24.2 Å². The zero-order valence-corrected chi connectivity index (χ0v) is 12.4. The summed E-state index contributed by atoms with van der Waals surface area (Å²) in [5.41, 5.74) is -0.403. The highest BCUT2D eigenvalue weighted by Gasteiger charge is 2.40. The number of aliphatic hydroxyl groups is 1. The minimum atomic E-state index is -0.548. The Morgan fingerprint density at radius 3 is 2.50 bits per heavy atom. The zero-order chi connectivity index (χ0) is 13.0. The maximum atomic E-state index is 10.7.